The fourth-order valence-corrected chi connectivity index (χ4v) is 2.00. The number of benzene rings is 1. The molecule has 0 aliphatic carbocycles. The van der Waals surface area contributed by atoms with Gasteiger partial charge in [-0.15, -0.1) is 0 Å². The number of methoxy groups -OCH3 is 1. The van der Waals surface area contributed by atoms with Gasteiger partial charge in [0.15, 0.2) is 0 Å². The minimum atomic E-state index is -0.290. The summed E-state index contributed by atoms with van der Waals surface area (Å²) in [6.07, 6.45) is -0.353. The number of hydrogen-bond acceptors (Lipinski definition) is 3. The van der Waals surface area contributed by atoms with Crippen molar-refractivity contribution in [2.24, 2.45) is 0 Å². The van der Waals surface area contributed by atoms with Gasteiger partial charge in [-0.25, -0.2) is 4.79 Å². The predicted octanol–water partition coefficient (Wildman–Crippen LogP) is 2.21. The van der Waals surface area contributed by atoms with Crippen LogP contribution in [0.1, 0.15) is 18.6 Å². The maximum Gasteiger partial charge on any atom is 0.409 e. The van der Waals surface area contributed by atoms with Crippen molar-refractivity contribution in [2.75, 3.05) is 20.3 Å². The molecule has 1 aliphatic rings. The van der Waals surface area contributed by atoms with Gasteiger partial charge in [0.05, 0.1) is 26.3 Å². The molecule has 4 heteroatoms. The molecular formula is C13H17NO3. The molecule has 1 aromatic rings. The molecular weight excluding hydrogens is 218 g/mol. The summed E-state index contributed by atoms with van der Waals surface area (Å²) in [6.45, 7) is 3.03. The fraction of sp³-hybridized carbons (Fsp3) is 0.462. The summed E-state index contributed by atoms with van der Waals surface area (Å²) >= 11 is 0. The van der Waals surface area contributed by atoms with Crippen LogP contribution in [-0.4, -0.2) is 37.3 Å². The van der Waals surface area contributed by atoms with Gasteiger partial charge < -0.3 is 14.4 Å². The van der Waals surface area contributed by atoms with Crippen LogP contribution in [0.3, 0.4) is 0 Å². The molecule has 0 saturated carbocycles. The van der Waals surface area contributed by atoms with Crippen molar-refractivity contribution in [1.82, 2.24) is 4.90 Å². The van der Waals surface area contributed by atoms with Crippen molar-refractivity contribution in [1.29, 1.82) is 0 Å². The van der Waals surface area contributed by atoms with E-state index in [0.29, 0.717) is 13.2 Å². The standard InChI is InChI=1S/C13H17NO3/c1-10-9-17-12(8-14(10)13(15)16-2)11-6-4-3-5-7-11/h3-7,10,12H,8-9H2,1-2H3/t10-,12+/m0/s1. The van der Waals surface area contributed by atoms with E-state index in [2.05, 4.69) is 0 Å². The summed E-state index contributed by atoms with van der Waals surface area (Å²) in [5.41, 5.74) is 1.09. The number of morpholine rings is 1. The first-order chi connectivity index (χ1) is 8.22. The number of ether oxygens (including phenoxy) is 2. The molecule has 0 unspecified atom stereocenters. The number of amides is 1. The molecule has 0 bridgehead atoms. The Kier molecular flexibility index (Phi) is 3.64. The van der Waals surface area contributed by atoms with Crippen LogP contribution in [0.25, 0.3) is 0 Å². The van der Waals surface area contributed by atoms with Crippen molar-refractivity contribution in [3.63, 3.8) is 0 Å². The second-order valence-corrected chi connectivity index (χ2v) is 4.20. The molecule has 2 rings (SSSR count). The topological polar surface area (TPSA) is 38.8 Å². The van der Waals surface area contributed by atoms with Crippen LogP contribution >= 0.6 is 0 Å². The largest absolute Gasteiger partial charge is 0.453 e. The van der Waals surface area contributed by atoms with E-state index in [4.69, 9.17) is 9.47 Å². The highest BCUT2D eigenvalue weighted by Gasteiger charge is 2.30. The fourth-order valence-electron chi connectivity index (χ4n) is 2.00. The molecule has 2 atom stereocenters. The molecule has 17 heavy (non-hydrogen) atoms. The Morgan fingerprint density at radius 3 is 2.76 bits per heavy atom. The lowest BCUT2D eigenvalue weighted by atomic mass is 10.1. The van der Waals surface area contributed by atoms with Crippen molar-refractivity contribution in [3.8, 4) is 0 Å². The monoisotopic (exact) mass is 235 g/mol. The molecule has 1 amide bonds. The van der Waals surface area contributed by atoms with Crippen molar-refractivity contribution in [3.05, 3.63) is 35.9 Å². The summed E-state index contributed by atoms with van der Waals surface area (Å²) in [4.78, 5) is 13.3. The molecule has 0 radical (unpaired) electrons. The van der Waals surface area contributed by atoms with Crippen LogP contribution in [0.4, 0.5) is 4.79 Å². The number of carbonyl (C=O) groups is 1. The molecule has 1 aliphatic heterocycles. The third-order valence-corrected chi connectivity index (χ3v) is 3.01. The molecule has 0 spiro atoms. The predicted molar refractivity (Wildman–Crippen MR) is 63.7 cm³/mol. The lowest BCUT2D eigenvalue weighted by Gasteiger charge is -2.37. The van der Waals surface area contributed by atoms with Crippen LogP contribution in [0.2, 0.25) is 0 Å². The van der Waals surface area contributed by atoms with E-state index in [1.54, 1.807) is 4.90 Å². The lowest BCUT2D eigenvalue weighted by Crippen LogP contribution is -2.48. The first-order valence-electron chi connectivity index (χ1n) is 5.73. The van der Waals surface area contributed by atoms with Gasteiger partial charge in [0.2, 0.25) is 0 Å². The molecule has 0 aromatic heterocycles. The quantitative estimate of drug-likeness (QED) is 0.749. The Hall–Kier alpha value is -1.55. The Balaban J connectivity index is 2.10. The van der Waals surface area contributed by atoms with Crippen LogP contribution in [0.15, 0.2) is 30.3 Å². The van der Waals surface area contributed by atoms with E-state index < -0.39 is 0 Å². The van der Waals surface area contributed by atoms with Gasteiger partial charge in [-0.05, 0) is 12.5 Å². The molecule has 0 N–H and O–H groups in total. The van der Waals surface area contributed by atoms with E-state index in [0.717, 1.165) is 5.56 Å². The highest BCUT2D eigenvalue weighted by Crippen LogP contribution is 2.24. The van der Waals surface area contributed by atoms with E-state index >= 15 is 0 Å². The minimum Gasteiger partial charge on any atom is -0.453 e. The first kappa shape index (κ1) is 11.9. The Bertz CT molecular complexity index is 380. The maximum atomic E-state index is 11.6. The third-order valence-electron chi connectivity index (χ3n) is 3.01. The lowest BCUT2D eigenvalue weighted by molar-refractivity contribution is -0.0528. The Labute approximate surface area is 101 Å². The number of rotatable bonds is 1. The molecule has 92 valence electrons. The second kappa shape index (κ2) is 5.19. The van der Waals surface area contributed by atoms with Gasteiger partial charge in [-0.1, -0.05) is 30.3 Å². The van der Waals surface area contributed by atoms with Gasteiger partial charge in [0.1, 0.15) is 6.10 Å². The second-order valence-electron chi connectivity index (χ2n) is 4.20. The van der Waals surface area contributed by atoms with Crippen molar-refractivity contribution < 1.29 is 14.3 Å². The average Bonchev–Trinajstić information content (AvgIpc) is 2.39. The summed E-state index contributed by atoms with van der Waals surface area (Å²) in [5, 5.41) is 0. The van der Waals surface area contributed by atoms with Crippen LogP contribution in [-0.2, 0) is 9.47 Å². The summed E-state index contributed by atoms with van der Waals surface area (Å²) < 4.78 is 10.5. The molecule has 1 aromatic carbocycles. The van der Waals surface area contributed by atoms with E-state index in [1.165, 1.54) is 7.11 Å². The number of carbonyl (C=O) groups excluding carboxylic acids is 1. The van der Waals surface area contributed by atoms with Crippen molar-refractivity contribution >= 4 is 6.09 Å². The van der Waals surface area contributed by atoms with Crippen LogP contribution in [0.5, 0.6) is 0 Å². The number of nitrogens with zero attached hydrogens (tertiary/aromatic N) is 1. The van der Waals surface area contributed by atoms with Crippen molar-refractivity contribution in [2.45, 2.75) is 19.1 Å². The van der Waals surface area contributed by atoms with E-state index in [1.807, 2.05) is 37.3 Å². The van der Waals surface area contributed by atoms with Crippen LogP contribution in [0, 0.1) is 0 Å². The Morgan fingerprint density at radius 1 is 1.41 bits per heavy atom. The summed E-state index contributed by atoms with van der Waals surface area (Å²) in [7, 11) is 1.40. The molecule has 1 fully saturated rings. The zero-order valence-electron chi connectivity index (χ0n) is 10.1. The highest BCUT2D eigenvalue weighted by molar-refractivity contribution is 5.68. The van der Waals surface area contributed by atoms with Gasteiger partial charge >= 0.3 is 6.09 Å². The number of hydrogen-bond donors (Lipinski definition) is 0. The van der Waals surface area contributed by atoms with Crippen LogP contribution < -0.4 is 0 Å². The van der Waals surface area contributed by atoms with E-state index in [-0.39, 0.29) is 18.2 Å². The smallest absolute Gasteiger partial charge is 0.409 e. The zero-order valence-corrected chi connectivity index (χ0v) is 10.1. The minimum absolute atomic E-state index is 0.0578. The summed E-state index contributed by atoms with van der Waals surface area (Å²) in [5.74, 6) is 0. The normalized spacial score (nSPS) is 24.5. The molecule has 1 saturated heterocycles. The van der Waals surface area contributed by atoms with Gasteiger partial charge in [-0.3, -0.25) is 0 Å². The average molecular weight is 235 g/mol. The zero-order chi connectivity index (χ0) is 12.3. The molecule has 1 heterocycles. The van der Waals surface area contributed by atoms with Gasteiger partial charge in [0.25, 0.3) is 0 Å². The first-order valence-corrected chi connectivity index (χ1v) is 5.73. The summed E-state index contributed by atoms with van der Waals surface area (Å²) in [6, 6.07) is 9.99. The molecule has 4 nitrogen and oxygen atoms in total. The third kappa shape index (κ3) is 2.58. The SMILES string of the molecule is COC(=O)N1C[C@H](c2ccccc2)OC[C@@H]1C. The van der Waals surface area contributed by atoms with Gasteiger partial charge in [0, 0.05) is 0 Å². The Morgan fingerprint density at radius 2 is 2.12 bits per heavy atom. The van der Waals surface area contributed by atoms with Gasteiger partial charge in [-0.2, -0.15) is 0 Å². The highest BCUT2D eigenvalue weighted by atomic mass is 16.5. The maximum absolute atomic E-state index is 11.6. The van der Waals surface area contributed by atoms with E-state index in [9.17, 15) is 4.79 Å².